The number of rotatable bonds is 54. The first kappa shape index (κ1) is 63.4. The van der Waals surface area contributed by atoms with Gasteiger partial charge in [0, 0.05) is 19.3 Å². The van der Waals surface area contributed by atoms with Crippen LogP contribution >= 0.6 is 0 Å². The Balaban J connectivity index is 4.27. The maximum absolute atomic E-state index is 12.8. The van der Waals surface area contributed by atoms with E-state index in [1.165, 1.54) is 231 Å². The van der Waals surface area contributed by atoms with Crippen molar-refractivity contribution in [2.24, 2.45) is 5.92 Å². The molecule has 386 valence electrons. The minimum Gasteiger partial charge on any atom is -0.462 e. The van der Waals surface area contributed by atoms with E-state index >= 15 is 0 Å². The Morgan fingerprint density at radius 2 is 0.508 bits per heavy atom. The average Bonchev–Trinajstić information content (AvgIpc) is 3.29. The molecule has 0 aliphatic carbocycles. The Morgan fingerprint density at radius 3 is 0.754 bits per heavy atom. The van der Waals surface area contributed by atoms with E-state index in [9.17, 15) is 14.4 Å². The van der Waals surface area contributed by atoms with Gasteiger partial charge >= 0.3 is 17.9 Å². The second-order valence-electron chi connectivity index (χ2n) is 20.8. The summed E-state index contributed by atoms with van der Waals surface area (Å²) < 4.78 is 16.9. The number of unbranched alkanes of at least 4 members (excludes halogenated alkanes) is 41. The number of carbonyl (C=O) groups excluding carboxylic acids is 3. The molecule has 0 fully saturated rings. The molecule has 6 heteroatoms. The summed E-state index contributed by atoms with van der Waals surface area (Å²) >= 11 is 0. The molecule has 0 aromatic carbocycles. The lowest BCUT2D eigenvalue weighted by Gasteiger charge is -2.18. The van der Waals surface area contributed by atoms with Crippen molar-refractivity contribution < 1.29 is 28.6 Å². The van der Waals surface area contributed by atoms with E-state index in [2.05, 4.69) is 27.7 Å². The predicted octanol–water partition coefficient (Wildman–Crippen LogP) is 19.4. The molecule has 0 spiro atoms. The van der Waals surface area contributed by atoms with Gasteiger partial charge in [0.15, 0.2) is 6.10 Å². The molecular weight excluding hydrogens is 805 g/mol. The molecule has 0 aliphatic heterocycles. The molecule has 1 atom stereocenters. The highest BCUT2D eigenvalue weighted by Crippen LogP contribution is 2.18. The van der Waals surface area contributed by atoms with Crippen LogP contribution in [0.4, 0.5) is 0 Å². The lowest BCUT2D eigenvalue weighted by molar-refractivity contribution is -0.167. The van der Waals surface area contributed by atoms with Crippen LogP contribution in [0.15, 0.2) is 0 Å². The van der Waals surface area contributed by atoms with Gasteiger partial charge in [0.05, 0.1) is 0 Å². The van der Waals surface area contributed by atoms with Crippen LogP contribution in [0.3, 0.4) is 0 Å². The zero-order valence-corrected chi connectivity index (χ0v) is 44.5. The molecule has 0 unspecified atom stereocenters. The van der Waals surface area contributed by atoms with Crippen molar-refractivity contribution in [1.82, 2.24) is 0 Å². The summed E-state index contributed by atoms with van der Waals surface area (Å²) in [6.07, 6.45) is 58.0. The maximum Gasteiger partial charge on any atom is 0.306 e. The van der Waals surface area contributed by atoms with E-state index in [1.807, 2.05) is 0 Å². The zero-order chi connectivity index (χ0) is 47.4. The highest BCUT2D eigenvalue weighted by Gasteiger charge is 2.19. The Labute approximate surface area is 406 Å². The topological polar surface area (TPSA) is 78.9 Å². The largest absolute Gasteiger partial charge is 0.462 e. The van der Waals surface area contributed by atoms with Crippen molar-refractivity contribution in [2.75, 3.05) is 13.2 Å². The van der Waals surface area contributed by atoms with E-state index in [1.54, 1.807) is 0 Å². The first-order valence-corrected chi connectivity index (χ1v) is 29.4. The van der Waals surface area contributed by atoms with Gasteiger partial charge in [-0.05, 0) is 25.2 Å². The molecule has 0 saturated carbocycles. The standard InChI is InChI=1S/C59H114O6/c1-5-7-9-11-13-15-17-19-20-21-22-27-30-34-38-42-46-50-57(60)63-53-56(65-59(62)52-48-44-40-36-32-25-18-16-14-12-10-8-6-2)54-64-58(61)51-47-43-39-35-31-28-24-23-26-29-33-37-41-45-49-55(3)4/h55-56H,5-54H2,1-4H3/t56-/m0/s1. The molecular formula is C59H114O6. The van der Waals surface area contributed by atoms with E-state index < -0.39 is 6.10 Å². The summed E-state index contributed by atoms with van der Waals surface area (Å²) in [4.78, 5) is 38.1. The summed E-state index contributed by atoms with van der Waals surface area (Å²) in [6.45, 7) is 9.07. The summed E-state index contributed by atoms with van der Waals surface area (Å²) in [5.41, 5.74) is 0. The number of carbonyl (C=O) groups is 3. The Hall–Kier alpha value is -1.59. The van der Waals surface area contributed by atoms with Crippen LogP contribution in [0.25, 0.3) is 0 Å². The third-order valence-corrected chi connectivity index (χ3v) is 13.5. The molecule has 0 heterocycles. The number of hydrogen-bond donors (Lipinski definition) is 0. The molecule has 0 bridgehead atoms. The minimum atomic E-state index is -0.761. The van der Waals surface area contributed by atoms with Gasteiger partial charge in [-0.2, -0.15) is 0 Å². The molecule has 0 aliphatic rings. The van der Waals surface area contributed by atoms with Gasteiger partial charge in [0.2, 0.25) is 0 Å². The number of hydrogen-bond acceptors (Lipinski definition) is 6. The normalized spacial score (nSPS) is 12.0. The van der Waals surface area contributed by atoms with E-state index in [0.29, 0.717) is 19.3 Å². The van der Waals surface area contributed by atoms with E-state index in [0.717, 1.165) is 63.7 Å². The highest BCUT2D eigenvalue weighted by atomic mass is 16.6. The average molecular weight is 920 g/mol. The fraction of sp³-hybridized carbons (Fsp3) is 0.949. The third-order valence-electron chi connectivity index (χ3n) is 13.5. The van der Waals surface area contributed by atoms with Gasteiger partial charge in [-0.15, -0.1) is 0 Å². The van der Waals surface area contributed by atoms with Crippen molar-refractivity contribution in [2.45, 2.75) is 342 Å². The van der Waals surface area contributed by atoms with Crippen molar-refractivity contribution in [3.63, 3.8) is 0 Å². The van der Waals surface area contributed by atoms with Gasteiger partial charge in [0.25, 0.3) is 0 Å². The van der Waals surface area contributed by atoms with Crippen LogP contribution in [0.2, 0.25) is 0 Å². The van der Waals surface area contributed by atoms with Gasteiger partial charge < -0.3 is 14.2 Å². The lowest BCUT2D eigenvalue weighted by Crippen LogP contribution is -2.30. The van der Waals surface area contributed by atoms with Crippen molar-refractivity contribution in [3.8, 4) is 0 Å². The smallest absolute Gasteiger partial charge is 0.306 e. The van der Waals surface area contributed by atoms with E-state index in [4.69, 9.17) is 14.2 Å². The van der Waals surface area contributed by atoms with Crippen LogP contribution in [0, 0.1) is 5.92 Å². The molecule has 0 N–H and O–H groups in total. The van der Waals surface area contributed by atoms with Crippen LogP contribution < -0.4 is 0 Å². The van der Waals surface area contributed by atoms with Crippen LogP contribution in [-0.2, 0) is 28.6 Å². The fourth-order valence-corrected chi connectivity index (χ4v) is 9.10. The molecule has 6 nitrogen and oxygen atoms in total. The van der Waals surface area contributed by atoms with Crippen molar-refractivity contribution in [3.05, 3.63) is 0 Å². The van der Waals surface area contributed by atoms with Crippen LogP contribution in [0.1, 0.15) is 336 Å². The van der Waals surface area contributed by atoms with Crippen LogP contribution in [0.5, 0.6) is 0 Å². The summed E-state index contributed by atoms with van der Waals surface area (Å²) in [7, 11) is 0. The predicted molar refractivity (Wildman–Crippen MR) is 280 cm³/mol. The Kier molecular flexibility index (Phi) is 52.1. The molecule has 0 rings (SSSR count). The van der Waals surface area contributed by atoms with Crippen LogP contribution in [-0.4, -0.2) is 37.2 Å². The van der Waals surface area contributed by atoms with Gasteiger partial charge in [-0.1, -0.05) is 297 Å². The molecule has 0 aromatic rings. The minimum absolute atomic E-state index is 0.0616. The van der Waals surface area contributed by atoms with Gasteiger partial charge in [-0.3, -0.25) is 14.4 Å². The quantitative estimate of drug-likeness (QED) is 0.0344. The van der Waals surface area contributed by atoms with Crippen molar-refractivity contribution in [1.29, 1.82) is 0 Å². The Morgan fingerprint density at radius 1 is 0.292 bits per heavy atom. The first-order valence-electron chi connectivity index (χ1n) is 29.4. The lowest BCUT2D eigenvalue weighted by atomic mass is 10.0. The highest BCUT2D eigenvalue weighted by molar-refractivity contribution is 5.71. The summed E-state index contributed by atoms with van der Waals surface area (Å²) in [5.74, 6) is 0.0110. The van der Waals surface area contributed by atoms with E-state index in [-0.39, 0.29) is 31.1 Å². The van der Waals surface area contributed by atoms with Crippen molar-refractivity contribution >= 4 is 17.9 Å². The molecule has 0 saturated heterocycles. The third kappa shape index (κ3) is 53.2. The molecule has 0 amide bonds. The second-order valence-corrected chi connectivity index (χ2v) is 20.8. The van der Waals surface area contributed by atoms with Gasteiger partial charge in [-0.25, -0.2) is 0 Å². The summed E-state index contributed by atoms with van der Waals surface area (Å²) in [6, 6.07) is 0. The maximum atomic E-state index is 12.8. The number of esters is 3. The summed E-state index contributed by atoms with van der Waals surface area (Å²) in [5, 5.41) is 0. The first-order chi connectivity index (χ1) is 31.9. The Bertz CT molecular complexity index is 980. The monoisotopic (exact) mass is 919 g/mol. The second kappa shape index (κ2) is 53.4. The fourth-order valence-electron chi connectivity index (χ4n) is 9.10. The zero-order valence-electron chi connectivity index (χ0n) is 44.5. The van der Waals surface area contributed by atoms with Gasteiger partial charge in [0.1, 0.15) is 13.2 Å². The SMILES string of the molecule is CCCCCCCCCCCCCCCCCCCC(=O)OC[C@@H](COC(=O)CCCCCCCCCCCCCCCCC(C)C)OC(=O)CCCCCCCCCCCCCCC. The molecule has 65 heavy (non-hydrogen) atoms. The molecule has 0 radical (unpaired) electrons. The molecule has 0 aromatic heterocycles. The number of ether oxygens (including phenoxy) is 3.